The number of hydrogen-bond acceptors (Lipinski definition) is 4. The fourth-order valence-electron chi connectivity index (χ4n) is 2.60. The average Bonchev–Trinajstić information content (AvgIpc) is 2.52. The Bertz CT molecular complexity index is 608. The average molecular weight is 330 g/mol. The third-order valence-corrected chi connectivity index (χ3v) is 3.87. The van der Waals surface area contributed by atoms with Crippen LogP contribution in [0, 0.1) is 5.92 Å². The van der Waals surface area contributed by atoms with E-state index < -0.39 is 24.0 Å². The van der Waals surface area contributed by atoms with Gasteiger partial charge in [0.1, 0.15) is 0 Å². The Kier molecular flexibility index (Phi) is 4.82. The number of carbonyl (C=O) groups is 2. The quantitative estimate of drug-likeness (QED) is 0.668. The summed E-state index contributed by atoms with van der Waals surface area (Å²) in [6.07, 6.45) is -4.48. The van der Waals surface area contributed by atoms with Gasteiger partial charge in [-0.3, -0.25) is 4.79 Å². The largest absolute Gasteiger partial charge is 0.465 e. The number of nitrogens with two attached hydrogens (primary N) is 1. The molecule has 8 heteroatoms. The van der Waals surface area contributed by atoms with E-state index in [0.717, 1.165) is 0 Å². The number of benzene rings is 1. The number of anilines is 1. The van der Waals surface area contributed by atoms with E-state index in [9.17, 15) is 22.8 Å². The Morgan fingerprint density at radius 3 is 2.26 bits per heavy atom. The molecule has 0 unspecified atom stereocenters. The fraction of sp³-hybridized carbons (Fsp3) is 0.467. The molecular weight excluding hydrogens is 313 g/mol. The highest BCUT2D eigenvalue weighted by molar-refractivity contribution is 5.99. The highest BCUT2D eigenvalue weighted by atomic mass is 19.4. The number of hydrogen-bond donors (Lipinski definition) is 1. The van der Waals surface area contributed by atoms with Crippen molar-refractivity contribution in [3.63, 3.8) is 0 Å². The predicted molar refractivity (Wildman–Crippen MR) is 76.9 cm³/mol. The normalized spacial score (nSPS) is 16.3. The molecule has 0 atom stereocenters. The van der Waals surface area contributed by atoms with E-state index in [-0.39, 0.29) is 42.7 Å². The first kappa shape index (κ1) is 17.1. The number of likely N-dealkylation sites (tertiary alicyclic amines) is 1. The number of ether oxygens (including phenoxy) is 1. The van der Waals surface area contributed by atoms with Crippen molar-refractivity contribution in [1.29, 1.82) is 0 Å². The van der Waals surface area contributed by atoms with E-state index in [2.05, 4.69) is 4.74 Å². The number of rotatable bonds is 2. The van der Waals surface area contributed by atoms with Crippen LogP contribution in [0.5, 0.6) is 0 Å². The first-order valence-corrected chi connectivity index (χ1v) is 7.07. The van der Waals surface area contributed by atoms with Gasteiger partial charge >= 0.3 is 12.1 Å². The molecule has 1 fully saturated rings. The van der Waals surface area contributed by atoms with Crippen LogP contribution in [0.2, 0.25) is 0 Å². The Morgan fingerprint density at radius 2 is 1.74 bits per heavy atom. The maximum absolute atomic E-state index is 12.7. The second-order valence-corrected chi connectivity index (χ2v) is 5.44. The number of carbonyl (C=O) groups excluding carboxylic acids is 2. The number of esters is 1. The van der Waals surface area contributed by atoms with E-state index in [1.54, 1.807) is 0 Å². The third-order valence-electron chi connectivity index (χ3n) is 3.87. The zero-order valence-electron chi connectivity index (χ0n) is 12.5. The summed E-state index contributed by atoms with van der Waals surface area (Å²) in [6, 6.07) is 4.10. The molecule has 1 heterocycles. The number of piperidine rings is 1. The Hall–Kier alpha value is -2.25. The van der Waals surface area contributed by atoms with Crippen molar-refractivity contribution in [3.05, 3.63) is 29.3 Å². The van der Waals surface area contributed by atoms with Crippen molar-refractivity contribution in [2.75, 3.05) is 25.9 Å². The van der Waals surface area contributed by atoms with Crippen molar-refractivity contribution < 1.29 is 27.5 Å². The molecule has 0 aliphatic carbocycles. The molecule has 0 radical (unpaired) electrons. The molecule has 1 aromatic carbocycles. The zero-order chi connectivity index (χ0) is 17.2. The molecule has 5 nitrogen and oxygen atoms in total. The van der Waals surface area contributed by atoms with Gasteiger partial charge in [-0.2, -0.15) is 13.2 Å². The molecule has 0 saturated carbocycles. The Balaban J connectivity index is 2.13. The lowest BCUT2D eigenvalue weighted by Gasteiger charge is -2.33. The van der Waals surface area contributed by atoms with Gasteiger partial charge in [0.2, 0.25) is 0 Å². The minimum absolute atomic E-state index is 0.0192. The molecule has 1 saturated heterocycles. The highest BCUT2D eigenvalue weighted by Gasteiger charge is 2.41. The van der Waals surface area contributed by atoms with Crippen LogP contribution in [-0.4, -0.2) is 43.2 Å². The van der Waals surface area contributed by atoms with Crippen LogP contribution in [0.25, 0.3) is 0 Å². The van der Waals surface area contributed by atoms with Crippen LogP contribution in [0.1, 0.15) is 33.6 Å². The lowest BCUT2D eigenvalue weighted by Crippen LogP contribution is -2.42. The van der Waals surface area contributed by atoms with Crippen LogP contribution in [0.3, 0.4) is 0 Å². The van der Waals surface area contributed by atoms with Gasteiger partial charge in [0.15, 0.2) is 0 Å². The first-order valence-electron chi connectivity index (χ1n) is 7.07. The number of halogens is 3. The fourth-order valence-corrected chi connectivity index (χ4v) is 2.60. The molecule has 2 rings (SSSR count). The van der Waals surface area contributed by atoms with Crippen LogP contribution in [0.15, 0.2) is 18.2 Å². The Morgan fingerprint density at radius 1 is 1.17 bits per heavy atom. The molecule has 1 aliphatic rings. The minimum atomic E-state index is -4.23. The molecule has 126 valence electrons. The van der Waals surface area contributed by atoms with Crippen LogP contribution in [0.4, 0.5) is 18.9 Å². The number of nitrogens with zero attached hydrogens (tertiary/aromatic N) is 1. The summed E-state index contributed by atoms with van der Waals surface area (Å²) < 4.78 is 42.5. The summed E-state index contributed by atoms with van der Waals surface area (Å²) in [5, 5.41) is 0. The molecular formula is C15H17F3N2O3. The standard InChI is InChI=1S/C15H17F3N2O3/c1-23-14(22)10-6-9(7-12(19)8-10)13(21)20-4-2-11(3-5-20)15(16,17)18/h6-8,11H,2-5,19H2,1H3. The van der Waals surface area contributed by atoms with Crippen molar-refractivity contribution in [3.8, 4) is 0 Å². The van der Waals surface area contributed by atoms with Gasteiger partial charge in [-0.15, -0.1) is 0 Å². The molecule has 0 aromatic heterocycles. The second-order valence-electron chi connectivity index (χ2n) is 5.44. The maximum Gasteiger partial charge on any atom is 0.391 e. The van der Waals surface area contributed by atoms with Crippen molar-refractivity contribution in [2.24, 2.45) is 5.92 Å². The van der Waals surface area contributed by atoms with Crippen molar-refractivity contribution in [1.82, 2.24) is 4.90 Å². The Labute approximate surface area is 131 Å². The van der Waals surface area contributed by atoms with Gasteiger partial charge in [0.25, 0.3) is 5.91 Å². The van der Waals surface area contributed by atoms with E-state index in [4.69, 9.17) is 5.73 Å². The predicted octanol–water partition coefficient (Wildman–Crippen LogP) is 2.47. The summed E-state index contributed by atoms with van der Waals surface area (Å²) >= 11 is 0. The molecule has 1 amide bonds. The summed E-state index contributed by atoms with van der Waals surface area (Å²) in [6.45, 7) is 0.0384. The number of methoxy groups -OCH3 is 1. The first-order chi connectivity index (χ1) is 10.7. The monoisotopic (exact) mass is 330 g/mol. The summed E-state index contributed by atoms with van der Waals surface area (Å²) in [7, 11) is 1.20. The molecule has 2 N–H and O–H groups in total. The van der Waals surface area contributed by atoms with E-state index in [0.29, 0.717) is 0 Å². The molecule has 0 spiro atoms. The van der Waals surface area contributed by atoms with E-state index >= 15 is 0 Å². The highest BCUT2D eigenvalue weighted by Crippen LogP contribution is 2.34. The second kappa shape index (κ2) is 6.47. The van der Waals surface area contributed by atoms with Gasteiger partial charge in [-0.1, -0.05) is 0 Å². The number of nitrogen functional groups attached to an aromatic ring is 1. The van der Waals surface area contributed by atoms with Gasteiger partial charge in [0.05, 0.1) is 18.6 Å². The maximum atomic E-state index is 12.7. The number of amides is 1. The topological polar surface area (TPSA) is 72.6 Å². The minimum Gasteiger partial charge on any atom is -0.465 e. The summed E-state index contributed by atoms with van der Waals surface area (Å²) in [5.41, 5.74) is 6.17. The lowest BCUT2D eigenvalue weighted by atomic mass is 9.95. The van der Waals surface area contributed by atoms with Crippen LogP contribution < -0.4 is 5.73 Å². The smallest absolute Gasteiger partial charge is 0.391 e. The molecule has 0 bridgehead atoms. The van der Waals surface area contributed by atoms with Crippen molar-refractivity contribution in [2.45, 2.75) is 19.0 Å². The van der Waals surface area contributed by atoms with Crippen molar-refractivity contribution >= 4 is 17.6 Å². The van der Waals surface area contributed by atoms with Crippen LogP contribution in [-0.2, 0) is 4.74 Å². The zero-order valence-corrected chi connectivity index (χ0v) is 12.5. The SMILES string of the molecule is COC(=O)c1cc(N)cc(C(=O)N2CCC(C(F)(F)F)CC2)c1. The molecule has 23 heavy (non-hydrogen) atoms. The lowest BCUT2D eigenvalue weighted by molar-refractivity contribution is -0.183. The molecule has 1 aromatic rings. The van der Waals surface area contributed by atoms with Gasteiger partial charge < -0.3 is 15.4 Å². The van der Waals surface area contributed by atoms with Gasteiger partial charge in [-0.05, 0) is 31.0 Å². The van der Waals surface area contributed by atoms with E-state index in [1.807, 2.05) is 0 Å². The number of alkyl halides is 3. The summed E-state index contributed by atoms with van der Waals surface area (Å²) in [5.74, 6) is -2.46. The summed E-state index contributed by atoms with van der Waals surface area (Å²) in [4.78, 5) is 25.3. The van der Waals surface area contributed by atoms with Crippen LogP contribution >= 0.6 is 0 Å². The molecule has 1 aliphatic heterocycles. The van der Waals surface area contributed by atoms with E-state index in [1.165, 1.54) is 30.2 Å². The third kappa shape index (κ3) is 3.94. The van der Waals surface area contributed by atoms with Gasteiger partial charge in [0, 0.05) is 24.3 Å². The van der Waals surface area contributed by atoms with Gasteiger partial charge in [-0.25, -0.2) is 4.79 Å².